The van der Waals surface area contributed by atoms with E-state index in [9.17, 15) is 13.2 Å². The van der Waals surface area contributed by atoms with Crippen LogP contribution in [0.4, 0.5) is 0 Å². The number of rotatable bonds is 5. The van der Waals surface area contributed by atoms with E-state index in [-0.39, 0.29) is 29.9 Å². The minimum absolute atomic E-state index is 0.0614. The van der Waals surface area contributed by atoms with Crippen LogP contribution in [-0.2, 0) is 27.6 Å². The molecule has 2 aromatic rings. The van der Waals surface area contributed by atoms with Crippen LogP contribution in [0.3, 0.4) is 0 Å². The summed E-state index contributed by atoms with van der Waals surface area (Å²) in [5, 5.41) is 7.42. The van der Waals surface area contributed by atoms with Gasteiger partial charge in [0, 0.05) is 17.8 Å². The standard InChI is InChI=1S/C18H23N3O3S/c1-13-17(10-18(22)19-11-15-6-4-3-5-7-15)14(2)21(20-13)16-8-9-25(23,24)12-16/h3-7,16H,8-12H2,1-2H3,(H,19,22). The highest BCUT2D eigenvalue weighted by Gasteiger charge is 2.31. The van der Waals surface area contributed by atoms with Gasteiger partial charge in [0.15, 0.2) is 9.84 Å². The molecule has 25 heavy (non-hydrogen) atoms. The maximum absolute atomic E-state index is 12.3. The predicted molar refractivity (Wildman–Crippen MR) is 96.0 cm³/mol. The number of aromatic nitrogens is 2. The number of nitrogens with one attached hydrogen (secondary N) is 1. The van der Waals surface area contributed by atoms with Gasteiger partial charge in [0.25, 0.3) is 0 Å². The van der Waals surface area contributed by atoms with Gasteiger partial charge in [0.2, 0.25) is 5.91 Å². The Labute approximate surface area is 148 Å². The molecule has 1 aromatic carbocycles. The van der Waals surface area contributed by atoms with Gasteiger partial charge in [-0.25, -0.2) is 8.42 Å². The highest BCUT2D eigenvalue weighted by Crippen LogP contribution is 2.26. The summed E-state index contributed by atoms with van der Waals surface area (Å²) in [7, 11) is -2.97. The maximum atomic E-state index is 12.3. The molecule has 1 saturated heterocycles. The number of hydrogen-bond acceptors (Lipinski definition) is 4. The molecule has 1 N–H and O–H groups in total. The van der Waals surface area contributed by atoms with Crippen molar-refractivity contribution in [2.75, 3.05) is 11.5 Å². The lowest BCUT2D eigenvalue weighted by Crippen LogP contribution is -2.25. The lowest BCUT2D eigenvalue weighted by Gasteiger charge is -2.11. The van der Waals surface area contributed by atoms with Gasteiger partial charge in [-0.05, 0) is 25.8 Å². The van der Waals surface area contributed by atoms with Gasteiger partial charge in [0.05, 0.1) is 29.7 Å². The molecule has 1 unspecified atom stereocenters. The second kappa shape index (κ2) is 7.00. The van der Waals surface area contributed by atoms with Gasteiger partial charge >= 0.3 is 0 Å². The quantitative estimate of drug-likeness (QED) is 0.879. The number of carbonyl (C=O) groups excluding carboxylic acids is 1. The summed E-state index contributed by atoms with van der Waals surface area (Å²) in [4.78, 5) is 12.3. The first-order chi connectivity index (χ1) is 11.9. The molecule has 0 aliphatic carbocycles. The van der Waals surface area contributed by atoms with Gasteiger partial charge in [-0.3, -0.25) is 9.48 Å². The van der Waals surface area contributed by atoms with Crippen molar-refractivity contribution in [3.8, 4) is 0 Å². The molecule has 3 rings (SSSR count). The monoisotopic (exact) mass is 361 g/mol. The van der Waals surface area contributed by atoms with Crippen LogP contribution in [0.2, 0.25) is 0 Å². The van der Waals surface area contributed by atoms with E-state index in [1.54, 1.807) is 4.68 Å². The van der Waals surface area contributed by atoms with Crippen LogP contribution in [0.5, 0.6) is 0 Å². The lowest BCUT2D eigenvalue weighted by molar-refractivity contribution is -0.120. The largest absolute Gasteiger partial charge is 0.352 e. The van der Waals surface area contributed by atoms with Gasteiger partial charge < -0.3 is 5.32 Å². The summed E-state index contributed by atoms with van der Waals surface area (Å²) in [6.45, 7) is 4.27. The molecule has 6 nitrogen and oxygen atoms in total. The van der Waals surface area contributed by atoms with Crippen LogP contribution < -0.4 is 5.32 Å². The summed E-state index contributed by atoms with van der Waals surface area (Å²) < 4.78 is 25.2. The first-order valence-corrected chi connectivity index (χ1v) is 10.2. The topological polar surface area (TPSA) is 81.1 Å². The minimum atomic E-state index is -2.97. The fraction of sp³-hybridized carbons (Fsp3) is 0.444. The summed E-state index contributed by atoms with van der Waals surface area (Å²) in [5.74, 6) is 0.283. The second-order valence-corrected chi connectivity index (χ2v) is 8.82. The van der Waals surface area contributed by atoms with Crippen molar-refractivity contribution in [2.24, 2.45) is 0 Å². The average Bonchev–Trinajstić information content (AvgIpc) is 3.07. The van der Waals surface area contributed by atoms with Crippen LogP contribution in [0.25, 0.3) is 0 Å². The molecular weight excluding hydrogens is 338 g/mol. The number of sulfone groups is 1. The van der Waals surface area contributed by atoms with Crippen LogP contribution >= 0.6 is 0 Å². The van der Waals surface area contributed by atoms with E-state index in [0.717, 1.165) is 22.5 Å². The molecular formula is C18H23N3O3S. The Morgan fingerprint density at radius 1 is 1.28 bits per heavy atom. The van der Waals surface area contributed by atoms with Crippen molar-refractivity contribution in [2.45, 2.75) is 39.3 Å². The minimum Gasteiger partial charge on any atom is -0.352 e. The SMILES string of the molecule is Cc1nn(C2CCS(=O)(=O)C2)c(C)c1CC(=O)NCc1ccccc1. The molecule has 2 heterocycles. The Kier molecular flexibility index (Phi) is 4.94. The van der Waals surface area contributed by atoms with E-state index in [0.29, 0.717) is 13.0 Å². The molecule has 0 bridgehead atoms. The molecule has 0 radical (unpaired) electrons. The molecule has 7 heteroatoms. The van der Waals surface area contributed by atoms with E-state index in [1.807, 2.05) is 44.2 Å². The Morgan fingerprint density at radius 2 is 2.00 bits per heavy atom. The second-order valence-electron chi connectivity index (χ2n) is 6.59. The zero-order chi connectivity index (χ0) is 18.0. The number of benzene rings is 1. The molecule has 1 fully saturated rings. The summed E-state index contributed by atoms with van der Waals surface area (Å²) in [6.07, 6.45) is 0.841. The van der Waals surface area contributed by atoms with Crippen LogP contribution in [0.1, 0.15) is 35.0 Å². The fourth-order valence-electron chi connectivity index (χ4n) is 3.30. The van der Waals surface area contributed by atoms with Crippen molar-refractivity contribution in [1.82, 2.24) is 15.1 Å². The molecule has 134 valence electrons. The Balaban J connectivity index is 1.67. The predicted octanol–water partition coefficient (Wildman–Crippen LogP) is 1.72. The van der Waals surface area contributed by atoms with Gasteiger partial charge in [-0.2, -0.15) is 5.10 Å². The molecule has 1 amide bonds. The lowest BCUT2D eigenvalue weighted by atomic mass is 10.1. The van der Waals surface area contributed by atoms with E-state index < -0.39 is 9.84 Å². The normalized spacial score (nSPS) is 19.0. The summed E-state index contributed by atoms with van der Waals surface area (Å²) >= 11 is 0. The Hall–Kier alpha value is -2.15. The fourth-order valence-corrected chi connectivity index (χ4v) is 4.99. The smallest absolute Gasteiger partial charge is 0.224 e. The summed E-state index contributed by atoms with van der Waals surface area (Å²) in [6, 6.07) is 9.63. The number of nitrogens with zero attached hydrogens (tertiary/aromatic N) is 2. The van der Waals surface area contributed by atoms with Crippen LogP contribution in [0, 0.1) is 13.8 Å². The number of amides is 1. The number of carbonyl (C=O) groups is 1. The molecule has 1 aromatic heterocycles. The average molecular weight is 361 g/mol. The van der Waals surface area contributed by atoms with E-state index in [1.165, 1.54) is 0 Å². The molecule has 1 aliphatic heterocycles. The van der Waals surface area contributed by atoms with Gasteiger partial charge in [0.1, 0.15) is 0 Å². The van der Waals surface area contributed by atoms with Crippen LogP contribution in [0.15, 0.2) is 30.3 Å². The van der Waals surface area contributed by atoms with E-state index in [2.05, 4.69) is 10.4 Å². The van der Waals surface area contributed by atoms with Crippen molar-refractivity contribution in [3.63, 3.8) is 0 Å². The highest BCUT2D eigenvalue weighted by atomic mass is 32.2. The van der Waals surface area contributed by atoms with E-state index in [4.69, 9.17) is 0 Å². The van der Waals surface area contributed by atoms with Crippen molar-refractivity contribution in [3.05, 3.63) is 52.8 Å². The maximum Gasteiger partial charge on any atom is 0.224 e. The Morgan fingerprint density at radius 3 is 2.64 bits per heavy atom. The first kappa shape index (κ1) is 17.7. The third-order valence-electron chi connectivity index (χ3n) is 4.70. The third-order valence-corrected chi connectivity index (χ3v) is 6.45. The summed E-state index contributed by atoms with van der Waals surface area (Å²) in [5.41, 5.74) is 3.61. The Bertz CT molecular complexity index is 872. The van der Waals surface area contributed by atoms with E-state index >= 15 is 0 Å². The van der Waals surface area contributed by atoms with Crippen molar-refractivity contribution in [1.29, 1.82) is 0 Å². The third kappa shape index (κ3) is 4.10. The molecule has 0 spiro atoms. The van der Waals surface area contributed by atoms with Crippen molar-refractivity contribution >= 4 is 15.7 Å². The highest BCUT2D eigenvalue weighted by molar-refractivity contribution is 7.91. The zero-order valence-corrected chi connectivity index (χ0v) is 15.3. The number of hydrogen-bond donors (Lipinski definition) is 1. The molecule has 1 atom stereocenters. The van der Waals surface area contributed by atoms with Crippen LogP contribution in [-0.4, -0.2) is 35.6 Å². The molecule has 0 saturated carbocycles. The molecule has 1 aliphatic rings. The van der Waals surface area contributed by atoms with Gasteiger partial charge in [-0.15, -0.1) is 0 Å². The van der Waals surface area contributed by atoms with Gasteiger partial charge in [-0.1, -0.05) is 30.3 Å². The first-order valence-electron chi connectivity index (χ1n) is 8.41. The van der Waals surface area contributed by atoms with Crippen molar-refractivity contribution < 1.29 is 13.2 Å². The zero-order valence-electron chi connectivity index (χ0n) is 14.5. The number of aryl methyl sites for hydroxylation is 1.